The third-order valence-corrected chi connectivity index (χ3v) is 6.59. The van der Waals surface area contributed by atoms with Crippen LogP contribution in [0.4, 0.5) is 18.3 Å². The second kappa shape index (κ2) is 10.6. The van der Waals surface area contributed by atoms with Gasteiger partial charge in [-0.3, -0.25) is 14.4 Å². The van der Waals surface area contributed by atoms with Gasteiger partial charge in [-0.05, 0) is 30.4 Å². The minimum atomic E-state index is -4.81. The van der Waals surface area contributed by atoms with Crippen LogP contribution in [0.2, 0.25) is 0 Å². The van der Waals surface area contributed by atoms with Gasteiger partial charge in [-0.2, -0.15) is 0 Å². The first kappa shape index (κ1) is 25.7. The van der Waals surface area contributed by atoms with Gasteiger partial charge in [-0.15, -0.1) is 13.2 Å². The summed E-state index contributed by atoms with van der Waals surface area (Å²) in [6.07, 6.45) is -1.03. The number of hydrogen-bond acceptors (Lipinski definition) is 7. The number of hydrogen-bond donors (Lipinski definition) is 4. The molecule has 1 atom stereocenters. The number of rotatable bonds is 9. The summed E-state index contributed by atoms with van der Waals surface area (Å²) < 4.78 is 41.7. The number of aliphatic carboxylic acids is 1. The Kier molecular flexibility index (Phi) is 7.97. The zero-order valence-electron chi connectivity index (χ0n) is 18.1. The lowest BCUT2D eigenvalue weighted by atomic mass is 9.71. The van der Waals surface area contributed by atoms with Crippen molar-refractivity contribution in [1.82, 2.24) is 10.3 Å². The third kappa shape index (κ3) is 7.29. The number of carboxylic acid groups (broad SMARTS) is 1. The fourth-order valence-corrected chi connectivity index (χ4v) is 4.97. The molecular formula is C21H25F3N4O5S. The van der Waals surface area contributed by atoms with E-state index >= 15 is 0 Å². The Morgan fingerprint density at radius 2 is 1.94 bits per heavy atom. The standard InChI is InChI=1S/C21H25F3N4O5S/c22-21(23,24)33-12-4-5-14-15(8-12)34-19(27-14)28-16(29)10-20(6-2-1-3-7-20)11-26-18(32)13(25)9-17(30)31/h4-5,8,13H,1-3,6-7,9-11,25H2,(H,26,32)(H,30,31)(H,27,28,29). The van der Waals surface area contributed by atoms with Gasteiger partial charge in [-0.1, -0.05) is 30.6 Å². The molecule has 34 heavy (non-hydrogen) atoms. The summed E-state index contributed by atoms with van der Waals surface area (Å²) in [5.41, 5.74) is 5.52. The van der Waals surface area contributed by atoms with Crippen molar-refractivity contribution in [2.24, 2.45) is 11.1 Å². The summed E-state index contributed by atoms with van der Waals surface area (Å²) in [5.74, 6) is -2.48. The van der Waals surface area contributed by atoms with Gasteiger partial charge >= 0.3 is 12.3 Å². The summed E-state index contributed by atoms with van der Waals surface area (Å²) in [6.45, 7) is 0.185. The molecule has 0 bridgehead atoms. The number of nitrogens with one attached hydrogen (secondary N) is 2. The molecule has 0 radical (unpaired) electrons. The van der Waals surface area contributed by atoms with Crippen molar-refractivity contribution in [3.8, 4) is 5.75 Å². The monoisotopic (exact) mass is 502 g/mol. The predicted octanol–water partition coefficient (Wildman–Crippen LogP) is 3.39. The van der Waals surface area contributed by atoms with Crippen molar-refractivity contribution < 1.29 is 37.4 Å². The zero-order chi connectivity index (χ0) is 24.9. The van der Waals surface area contributed by atoms with Crippen molar-refractivity contribution in [3.05, 3.63) is 18.2 Å². The number of carbonyl (C=O) groups excluding carboxylic acids is 2. The van der Waals surface area contributed by atoms with E-state index < -0.39 is 36.1 Å². The number of thiazole rings is 1. The minimum Gasteiger partial charge on any atom is -0.481 e. The van der Waals surface area contributed by atoms with Crippen LogP contribution in [-0.4, -0.2) is 46.8 Å². The Balaban J connectivity index is 1.64. The van der Waals surface area contributed by atoms with Crippen molar-refractivity contribution in [3.63, 3.8) is 0 Å². The molecule has 9 nitrogen and oxygen atoms in total. The van der Waals surface area contributed by atoms with E-state index in [1.807, 2.05) is 0 Å². The van der Waals surface area contributed by atoms with Crippen molar-refractivity contribution in [1.29, 1.82) is 0 Å². The largest absolute Gasteiger partial charge is 0.573 e. The fourth-order valence-electron chi connectivity index (χ4n) is 4.06. The molecule has 1 aliphatic carbocycles. The SMILES string of the molecule is NC(CC(=O)O)C(=O)NCC1(CC(=O)Nc2nc3ccc(OC(F)(F)F)cc3s2)CCCCC1. The Hall–Kier alpha value is -2.93. The first-order valence-electron chi connectivity index (χ1n) is 10.7. The molecule has 1 aliphatic rings. The van der Waals surface area contributed by atoms with Crippen molar-refractivity contribution >= 4 is 44.5 Å². The van der Waals surface area contributed by atoms with E-state index in [2.05, 4.69) is 20.4 Å². The highest BCUT2D eigenvalue weighted by Crippen LogP contribution is 2.39. The van der Waals surface area contributed by atoms with Crippen LogP contribution in [0.1, 0.15) is 44.9 Å². The normalized spacial score (nSPS) is 16.6. The van der Waals surface area contributed by atoms with E-state index in [1.165, 1.54) is 12.1 Å². The van der Waals surface area contributed by atoms with Crippen LogP contribution >= 0.6 is 11.3 Å². The van der Waals surface area contributed by atoms with E-state index in [0.29, 0.717) is 23.1 Å². The molecule has 5 N–H and O–H groups in total. The van der Waals surface area contributed by atoms with Gasteiger partial charge in [0.2, 0.25) is 11.8 Å². The average Bonchev–Trinajstić information content (AvgIpc) is 3.12. The summed E-state index contributed by atoms with van der Waals surface area (Å²) in [6, 6.07) is 2.55. The van der Waals surface area contributed by atoms with Crippen LogP contribution in [0.3, 0.4) is 0 Å². The summed E-state index contributed by atoms with van der Waals surface area (Å²) >= 11 is 1.02. The van der Waals surface area contributed by atoms with Crippen LogP contribution in [0.25, 0.3) is 10.2 Å². The number of anilines is 1. The van der Waals surface area contributed by atoms with Crippen LogP contribution in [0.15, 0.2) is 18.2 Å². The van der Waals surface area contributed by atoms with Crippen LogP contribution in [0, 0.1) is 5.41 Å². The maximum atomic E-state index is 12.8. The number of benzene rings is 1. The van der Waals surface area contributed by atoms with Crippen LogP contribution in [0.5, 0.6) is 5.75 Å². The average molecular weight is 503 g/mol. The molecular weight excluding hydrogens is 477 g/mol. The second-order valence-corrected chi connectivity index (χ2v) is 9.43. The molecule has 1 aromatic heterocycles. The number of halogens is 3. The molecule has 1 heterocycles. The van der Waals surface area contributed by atoms with E-state index in [-0.39, 0.29) is 29.8 Å². The lowest BCUT2D eigenvalue weighted by Crippen LogP contribution is -2.47. The highest BCUT2D eigenvalue weighted by atomic mass is 32.1. The lowest BCUT2D eigenvalue weighted by molar-refractivity contribution is -0.274. The molecule has 186 valence electrons. The first-order valence-corrected chi connectivity index (χ1v) is 11.5. The quantitative estimate of drug-likeness (QED) is 0.411. The molecule has 0 saturated heterocycles. The van der Waals surface area contributed by atoms with Gasteiger partial charge in [0.05, 0.1) is 22.7 Å². The fraction of sp³-hybridized carbons (Fsp3) is 0.524. The van der Waals surface area contributed by atoms with Gasteiger partial charge in [0, 0.05) is 19.0 Å². The molecule has 0 aliphatic heterocycles. The zero-order valence-corrected chi connectivity index (χ0v) is 18.9. The lowest BCUT2D eigenvalue weighted by Gasteiger charge is -2.37. The highest BCUT2D eigenvalue weighted by Gasteiger charge is 2.35. The number of nitrogens with two attached hydrogens (primary N) is 1. The minimum absolute atomic E-state index is 0.0970. The number of amides is 2. The Morgan fingerprint density at radius 3 is 2.59 bits per heavy atom. The van der Waals surface area contributed by atoms with E-state index in [1.54, 1.807) is 0 Å². The molecule has 1 aromatic carbocycles. The predicted molar refractivity (Wildman–Crippen MR) is 118 cm³/mol. The first-order chi connectivity index (χ1) is 15.9. The second-order valence-electron chi connectivity index (χ2n) is 8.40. The van der Waals surface area contributed by atoms with Gasteiger partial charge in [0.25, 0.3) is 0 Å². The van der Waals surface area contributed by atoms with Crippen molar-refractivity contribution in [2.45, 2.75) is 57.3 Å². The Labute approximate surface area is 196 Å². The smallest absolute Gasteiger partial charge is 0.481 e. The van der Waals surface area contributed by atoms with E-state index in [0.717, 1.165) is 36.7 Å². The summed E-state index contributed by atoms with van der Waals surface area (Å²) in [4.78, 5) is 40.0. The Bertz CT molecular complexity index is 1050. The maximum Gasteiger partial charge on any atom is 0.573 e. The molecule has 13 heteroatoms. The number of nitrogens with zero attached hydrogens (tertiary/aromatic N) is 1. The van der Waals surface area contributed by atoms with E-state index in [4.69, 9.17) is 10.8 Å². The van der Waals surface area contributed by atoms with E-state index in [9.17, 15) is 27.6 Å². The maximum absolute atomic E-state index is 12.8. The highest BCUT2D eigenvalue weighted by molar-refractivity contribution is 7.22. The third-order valence-electron chi connectivity index (χ3n) is 5.66. The molecule has 2 aromatic rings. The summed E-state index contributed by atoms with van der Waals surface area (Å²) in [7, 11) is 0. The van der Waals surface area contributed by atoms with Gasteiger partial charge in [0.1, 0.15) is 5.75 Å². The molecule has 3 rings (SSSR count). The number of aromatic nitrogens is 1. The van der Waals surface area contributed by atoms with Gasteiger partial charge in [0.15, 0.2) is 5.13 Å². The van der Waals surface area contributed by atoms with Crippen LogP contribution < -0.4 is 21.1 Å². The number of ether oxygens (including phenoxy) is 1. The van der Waals surface area contributed by atoms with Gasteiger partial charge < -0.3 is 26.2 Å². The molecule has 2 amide bonds. The number of alkyl halides is 3. The number of carboxylic acids is 1. The van der Waals surface area contributed by atoms with Gasteiger partial charge in [-0.25, -0.2) is 4.98 Å². The van der Waals surface area contributed by atoms with Crippen LogP contribution in [-0.2, 0) is 14.4 Å². The molecule has 1 saturated carbocycles. The topological polar surface area (TPSA) is 144 Å². The molecule has 1 fully saturated rings. The summed E-state index contributed by atoms with van der Waals surface area (Å²) in [5, 5.41) is 14.4. The Morgan fingerprint density at radius 1 is 1.24 bits per heavy atom. The number of fused-ring (bicyclic) bond motifs is 1. The molecule has 1 unspecified atom stereocenters. The number of carbonyl (C=O) groups is 3. The molecule has 0 spiro atoms. The van der Waals surface area contributed by atoms with Crippen molar-refractivity contribution in [2.75, 3.05) is 11.9 Å².